The molecule has 0 aliphatic carbocycles. The minimum absolute atomic E-state index is 0.222. The Bertz CT molecular complexity index is 687. The number of alkyl halides is 1. The normalized spacial score (nSPS) is 10.5. The van der Waals surface area contributed by atoms with Crippen molar-refractivity contribution in [3.63, 3.8) is 0 Å². The number of para-hydroxylation sites is 1. The van der Waals surface area contributed by atoms with Gasteiger partial charge >= 0.3 is 5.69 Å². The van der Waals surface area contributed by atoms with E-state index in [1.54, 1.807) is 0 Å². The largest absolute Gasteiger partial charge is 0.443 e. The van der Waals surface area contributed by atoms with Gasteiger partial charge in [0.25, 0.3) is 0 Å². The molecule has 2 aromatic rings. The standard InChI is InChI=1S/C13H7Br2F2NO3/c14-6-7-4-9(16)13(10(17)5-7)21-12-8(15)2-1-3-11(12)18(19)20/h1-5H,6H2. The van der Waals surface area contributed by atoms with E-state index in [9.17, 15) is 18.9 Å². The van der Waals surface area contributed by atoms with Crippen LogP contribution in [0.3, 0.4) is 0 Å². The summed E-state index contributed by atoms with van der Waals surface area (Å²) in [6.07, 6.45) is 0. The molecule has 8 heteroatoms. The van der Waals surface area contributed by atoms with Crippen molar-refractivity contribution in [1.82, 2.24) is 0 Å². The molecule has 0 heterocycles. The highest BCUT2D eigenvalue weighted by atomic mass is 79.9. The van der Waals surface area contributed by atoms with E-state index in [1.807, 2.05) is 0 Å². The van der Waals surface area contributed by atoms with Crippen LogP contribution in [0.5, 0.6) is 11.5 Å². The molecule has 2 rings (SSSR count). The van der Waals surface area contributed by atoms with Crippen molar-refractivity contribution in [2.75, 3.05) is 0 Å². The molecule has 0 aliphatic heterocycles. The number of benzene rings is 2. The van der Waals surface area contributed by atoms with E-state index in [0.717, 1.165) is 12.1 Å². The Morgan fingerprint density at radius 2 is 1.81 bits per heavy atom. The Morgan fingerprint density at radius 1 is 1.19 bits per heavy atom. The van der Waals surface area contributed by atoms with Crippen LogP contribution < -0.4 is 4.74 Å². The van der Waals surface area contributed by atoms with Crippen molar-refractivity contribution in [1.29, 1.82) is 0 Å². The number of ether oxygens (including phenoxy) is 1. The molecule has 0 radical (unpaired) electrons. The van der Waals surface area contributed by atoms with Crippen molar-refractivity contribution in [2.45, 2.75) is 5.33 Å². The van der Waals surface area contributed by atoms with E-state index in [0.29, 0.717) is 5.56 Å². The van der Waals surface area contributed by atoms with Crippen molar-refractivity contribution >= 4 is 37.5 Å². The Morgan fingerprint density at radius 3 is 2.33 bits per heavy atom. The molecular weight excluding hydrogens is 416 g/mol. The van der Waals surface area contributed by atoms with Crippen LogP contribution >= 0.6 is 31.9 Å². The summed E-state index contributed by atoms with van der Waals surface area (Å²) in [7, 11) is 0. The second-order valence-corrected chi connectivity index (χ2v) is 5.38. The van der Waals surface area contributed by atoms with E-state index in [2.05, 4.69) is 31.9 Å². The first-order valence-corrected chi connectivity index (χ1v) is 7.50. The van der Waals surface area contributed by atoms with Crippen molar-refractivity contribution in [2.24, 2.45) is 0 Å². The van der Waals surface area contributed by atoms with Gasteiger partial charge in [0.1, 0.15) is 0 Å². The minimum Gasteiger partial charge on any atom is -0.443 e. The highest BCUT2D eigenvalue weighted by Crippen LogP contribution is 2.39. The molecule has 0 bridgehead atoms. The van der Waals surface area contributed by atoms with Gasteiger partial charge in [-0.05, 0) is 39.7 Å². The lowest BCUT2D eigenvalue weighted by molar-refractivity contribution is -0.385. The zero-order valence-corrected chi connectivity index (χ0v) is 13.4. The molecule has 110 valence electrons. The molecule has 0 spiro atoms. The van der Waals surface area contributed by atoms with E-state index in [1.165, 1.54) is 18.2 Å². The maximum absolute atomic E-state index is 13.9. The summed E-state index contributed by atoms with van der Waals surface area (Å²) in [5.41, 5.74) is -0.00767. The molecule has 0 saturated carbocycles. The zero-order chi connectivity index (χ0) is 15.6. The highest BCUT2D eigenvalue weighted by Gasteiger charge is 2.22. The lowest BCUT2D eigenvalue weighted by Gasteiger charge is -2.10. The highest BCUT2D eigenvalue weighted by molar-refractivity contribution is 9.10. The minimum atomic E-state index is -0.936. The molecule has 0 N–H and O–H groups in total. The van der Waals surface area contributed by atoms with Crippen LogP contribution in [0.2, 0.25) is 0 Å². The number of hydrogen-bond donors (Lipinski definition) is 0. The monoisotopic (exact) mass is 421 g/mol. The molecule has 4 nitrogen and oxygen atoms in total. The fourth-order valence-corrected chi connectivity index (χ4v) is 2.39. The van der Waals surface area contributed by atoms with Gasteiger partial charge in [-0.2, -0.15) is 0 Å². The fraction of sp³-hybridized carbons (Fsp3) is 0.0769. The first-order chi connectivity index (χ1) is 9.93. The average Bonchev–Trinajstić information content (AvgIpc) is 2.43. The van der Waals surface area contributed by atoms with Crippen LogP contribution in [0.15, 0.2) is 34.8 Å². The van der Waals surface area contributed by atoms with E-state index in [-0.39, 0.29) is 15.6 Å². The maximum atomic E-state index is 13.9. The summed E-state index contributed by atoms with van der Waals surface area (Å²) >= 11 is 6.16. The lowest BCUT2D eigenvalue weighted by atomic mass is 10.2. The number of nitro groups is 1. The Kier molecular flexibility index (Phi) is 4.89. The molecule has 2 aromatic carbocycles. The zero-order valence-electron chi connectivity index (χ0n) is 10.3. The first kappa shape index (κ1) is 15.8. The molecule has 0 unspecified atom stereocenters. The van der Waals surface area contributed by atoms with Crippen molar-refractivity contribution in [3.8, 4) is 11.5 Å². The topological polar surface area (TPSA) is 52.4 Å². The summed E-state index contributed by atoms with van der Waals surface area (Å²) in [4.78, 5) is 10.3. The van der Waals surface area contributed by atoms with E-state index >= 15 is 0 Å². The number of hydrogen-bond acceptors (Lipinski definition) is 3. The van der Waals surface area contributed by atoms with Crippen LogP contribution in [0, 0.1) is 21.7 Å². The first-order valence-electron chi connectivity index (χ1n) is 5.58. The summed E-state index contributed by atoms with van der Waals surface area (Å²) in [5, 5.41) is 11.2. The molecule has 0 aromatic heterocycles. The summed E-state index contributed by atoms with van der Waals surface area (Å²) in [5.74, 6) is -2.81. The maximum Gasteiger partial charge on any atom is 0.312 e. The van der Waals surface area contributed by atoms with Crippen LogP contribution in [0.25, 0.3) is 0 Å². The van der Waals surface area contributed by atoms with Crippen molar-refractivity contribution in [3.05, 3.63) is 62.1 Å². The smallest absolute Gasteiger partial charge is 0.312 e. The molecule has 0 saturated heterocycles. The van der Waals surface area contributed by atoms with Gasteiger partial charge in [0, 0.05) is 11.4 Å². The number of nitro benzene ring substituents is 1. The van der Waals surface area contributed by atoms with Gasteiger partial charge in [0.2, 0.25) is 5.75 Å². The van der Waals surface area contributed by atoms with Gasteiger partial charge in [-0.25, -0.2) is 8.78 Å². The second-order valence-electron chi connectivity index (χ2n) is 3.97. The number of nitrogens with zero attached hydrogens (tertiary/aromatic N) is 1. The third-order valence-electron chi connectivity index (χ3n) is 2.56. The molecule has 0 amide bonds. The van der Waals surface area contributed by atoms with Gasteiger partial charge in [0.05, 0.1) is 9.40 Å². The number of rotatable bonds is 4. The molecule has 0 aliphatic rings. The molecule has 21 heavy (non-hydrogen) atoms. The van der Waals surface area contributed by atoms with Gasteiger partial charge in [-0.15, -0.1) is 0 Å². The number of halogens is 4. The van der Waals surface area contributed by atoms with Gasteiger partial charge in [-0.1, -0.05) is 22.0 Å². The summed E-state index contributed by atoms with van der Waals surface area (Å²) in [6.45, 7) is 0. The lowest BCUT2D eigenvalue weighted by Crippen LogP contribution is -1.98. The van der Waals surface area contributed by atoms with Gasteiger partial charge < -0.3 is 4.74 Å². The summed E-state index contributed by atoms with van der Waals surface area (Å²) in [6, 6.07) is 6.27. The van der Waals surface area contributed by atoms with Crippen molar-refractivity contribution < 1.29 is 18.4 Å². The van der Waals surface area contributed by atoms with Crippen LogP contribution in [-0.4, -0.2) is 4.92 Å². The van der Waals surface area contributed by atoms with Crippen LogP contribution in [0.4, 0.5) is 14.5 Å². The van der Waals surface area contributed by atoms with Gasteiger partial charge in [0.15, 0.2) is 17.4 Å². The Labute approximate surface area is 135 Å². The average molecular weight is 423 g/mol. The van der Waals surface area contributed by atoms with Gasteiger partial charge in [-0.3, -0.25) is 10.1 Å². The quantitative estimate of drug-likeness (QED) is 0.380. The summed E-state index contributed by atoms with van der Waals surface area (Å²) < 4.78 is 33.1. The Balaban J connectivity index is 2.51. The molecular formula is C13H7Br2F2NO3. The third-order valence-corrected chi connectivity index (χ3v) is 3.83. The van der Waals surface area contributed by atoms with E-state index in [4.69, 9.17) is 4.74 Å². The molecule has 0 fully saturated rings. The predicted molar refractivity (Wildman–Crippen MR) is 79.9 cm³/mol. The SMILES string of the molecule is O=[N+]([O-])c1cccc(Br)c1Oc1c(F)cc(CBr)cc1F. The Hall–Kier alpha value is -1.54. The predicted octanol–water partition coefficient (Wildman–Crippen LogP) is 5.32. The van der Waals surface area contributed by atoms with Crippen LogP contribution in [-0.2, 0) is 5.33 Å². The third kappa shape index (κ3) is 3.38. The fourth-order valence-electron chi connectivity index (χ4n) is 1.63. The van der Waals surface area contributed by atoms with E-state index < -0.39 is 28.0 Å². The van der Waals surface area contributed by atoms with Crippen LogP contribution in [0.1, 0.15) is 5.56 Å². The second kappa shape index (κ2) is 6.48. The molecule has 0 atom stereocenters.